The topological polar surface area (TPSA) is 32.3 Å². The van der Waals surface area contributed by atoms with E-state index in [9.17, 15) is 4.79 Å². The zero-order valence-electron chi connectivity index (χ0n) is 9.30. The van der Waals surface area contributed by atoms with Crippen molar-refractivity contribution in [2.24, 2.45) is 5.92 Å². The summed E-state index contributed by atoms with van der Waals surface area (Å²) in [5.41, 5.74) is 0.255. The minimum atomic E-state index is 0.255. The van der Waals surface area contributed by atoms with E-state index in [0.29, 0.717) is 5.91 Å². The van der Waals surface area contributed by atoms with Gasteiger partial charge < -0.3 is 10.2 Å². The number of rotatable bonds is 2. The molecule has 3 aliphatic rings. The maximum Gasteiger partial charge on any atom is 0.223 e. The second-order valence-electron chi connectivity index (χ2n) is 5.42. The third kappa shape index (κ3) is 1.67. The number of carbonyl (C=O) groups is 1. The summed E-state index contributed by atoms with van der Waals surface area (Å²) in [7, 11) is 0. The van der Waals surface area contributed by atoms with Crippen LogP contribution >= 0.6 is 0 Å². The smallest absolute Gasteiger partial charge is 0.223 e. The zero-order chi connectivity index (χ0) is 10.3. The van der Waals surface area contributed by atoms with Gasteiger partial charge in [0.15, 0.2) is 0 Å². The van der Waals surface area contributed by atoms with Gasteiger partial charge in [0, 0.05) is 18.5 Å². The first-order chi connectivity index (χ1) is 7.30. The van der Waals surface area contributed by atoms with Gasteiger partial charge in [0.2, 0.25) is 5.91 Å². The number of nitrogens with zero attached hydrogens (tertiary/aromatic N) is 1. The molecule has 3 rings (SSSR count). The van der Waals surface area contributed by atoms with Crippen molar-refractivity contribution in [1.29, 1.82) is 0 Å². The highest BCUT2D eigenvalue weighted by Crippen LogP contribution is 2.41. The number of hydrogen-bond donors (Lipinski definition) is 1. The van der Waals surface area contributed by atoms with E-state index >= 15 is 0 Å². The van der Waals surface area contributed by atoms with Crippen molar-refractivity contribution < 1.29 is 4.79 Å². The standard InChI is InChI=1S/C12H20N2O/c15-11-3-4-12(5-7-13-8-6-12)14(11)9-10-1-2-10/h10,13H,1-9H2. The first-order valence-corrected chi connectivity index (χ1v) is 6.31. The highest BCUT2D eigenvalue weighted by atomic mass is 16.2. The van der Waals surface area contributed by atoms with Crippen LogP contribution in [-0.2, 0) is 4.79 Å². The number of likely N-dealkylation sites (tertiary alicyclic amines) is 1. The van der Waals surface area contributed by atoms with Crippen LogP contribution in [0.1, 0.15) is 38.5 Å². The molecule has 0 aromatic carbocycles. The summed E-state index contributed by atoms with van der Waals surface area (Å²) < 4.78 is 0. The van der Waals surface area contributed by atoms with Gasteiger partial charge >= 0.3 is 0 Å². The first kappa shape index (κ1) is 9.64. The fourth-order valence-electron chi connectivity index (χ4n) is 3.14. The van der Waals surface area contributed by atoms with Gasteiger partial charge in [0.1, 0.15) is 0 Å². The number of amides is 1. The van der Waals surface area contributed by atoms with Gasteiger partial charge in [-0.15, -0.1) is 0 Å². The fourth-order valence-corrected chi connectivity index (χ4v) is 3.14. The SMILES string of the molecule is O=C1CCC2(CCNCC2)N1CC1CC1. The lowest BCUT2D eigenvalue weighted by atomic mass is 9.85. The lowest BCUT2D eigenvalue weighted by Gasteiger charge is -2.42. The Labute approximate surface area is 91.2 Å². The van der Waals surface area contributed by atoms with E-state index in [-0.39, 0.29) is 5.54 Å². The molecule has 3 fully saturated rings. The van der Waals surface area contributed by atoms with Crippen LogP contribution in [0.3, 0.4) is 0 Å². The van der Waals surface area contributed by atoms with E-state index in [4.69, 9.17) is 0 Å². The molecule has 1 N–H and O–H groups in total. The fraction of sp³-hybridized carbons (Fsp3) is 0.917. The van der Waals surface area contributed by atoms with Crippen molar-refractivity contribution in [1.82, 2.24) is 10.2 Å². The summed E-state index contributed by atoms with van der Waals surface area (Å²) in [6.07, 6.45) is 6.94. The molecule has 0 unspecified atom stereocenters. The van der Waals surface area contributed by atoms with Gasteiger partial charge in [-0.05, 0) is 51.1 Å². The van der Waals surface area contributed by atoms with Crippen LogP contribution in [0, 0.1) is 5.92 Å². The van der Waals surface area contributed by atoms with Crippen LogP contribution in [-0.4, -0.2) is 36.0 Å². The number of piperidine rings is 1. The van der Waals surface area contributed by atoms with Crippen LogP contribution in [0.4, 0.5) is 0 Å². The minimum Gasteiger partial charge on any atom is -0.337 e. The average Bonchev–Trinajstić information content (AvgIpc) is 3.03. The highest BCUT2D eigenvalue weighted by Gasteiger charge is 2.46. The number of hydrogen-bond acceptors (Lipinski definition) is 2. The second kappa shape index (κ2) is 3.48. The van der Waals surface area contributed by atoms with Crippen LogP contribution in [0.5, 0.6) is 0 Å². The first-order valence-electron chi connectivity index (χ1n) is 6.31. The van der Waals surface area contributed by atoms with Crippen molar-refractivity contribution in [3.63, 3.8) is 0 Å². The van der Waals surface area contributed by atoms with Crippen molar-refractivity contribution in [2.45, 2.75) is 44.1 Å². The van der Waals surface area contributed by atoms with Gasteiger partial charge in [-0.3, -0.25) is 4.79 Å². The molecule has 1 aliphatic carbocycles. The summed E-state index contributed by atoms with van der Waals surface area (Å²) in [6.45, 7) is 3.24. The lowest BCUT2D eigenvalue weighted by molar-refractivity contribution is -0.132. The molecule has 0 atom stereocenters. The number of carbonyl (C=O) groups excluding carboxylic acids is 1. The van der Waals surface area contributed by atoms with Crippen LogP contribution in [0.25, 0.3) is 0 Å². The lowest BCUT2D eigenvalue weighted by Crippen LogP contribution is -2.52. The van der Waals surface area contributed by atoms with Crippen molar-refractivity contribution in [2.75, 3.05) is 19.6 Å². The molecule has 3 heteroatoms. The quantitative estimate of drug-likeness (QED) is 0.738. The molecule has 0 radical (unpaired) electrons. The van der Waals surface area contributed by atoms with E-state index in [1.165, 1.54) is 25.7 Å². The van der Waals surface area contributed by atoms with Crippen molar-refractivity contribution in [3.05, 3.63) is 0 Å². The molecular weight excluding hydrogens is 188 g/mol. The molecule has 2 saturated heterocycles. The van der Waals surface area contributed by atoms with Crippen molar-refractivity contribution in [3.8, 4) is 0 Å². The molecule has 1 spiro atoms. The molecule has 1 saturated carbocycles. The van der Waals surface area contributed by atoms with Crippen molar-refractivity contribution >= 4 is 5.91 Å². The van der Waals surface area contributed by atoms with Gasteiger partial charge in [0.25, 0.3) is 0 Å². The molecule has 3 nitrogen and oxygen atoms in total. The average molecular weight is 208 g/mol. The maximum absolute atomic E-state index is 11.9. The van der Waals surface area contributed by atoms with Crippen LogP contribution in [0.2, 0.25) is 0 Å². The predicted molar refractivity (Wildman–Crippen MR) is 58.5 cm³/mol. The Kier molecular flexibility index (Phi) is 2.23. The Hall–Kier alpha value is -0.570. The Morgan fingerprint density at radius 3 is 2.67 bits per heavy atom. The molecule has 1 amide bonds. The largest absolute Gasteiger partial charge is 0.337 e. The third-order valence-electron chi connectivity index (χ3n) is 4.35. The Morgan fingerprint density at radius 1 is 1.27 bits per heavy atom. The summed E-state index contributed by atoms with van der Waals surface area (Å²) in [5.74, 6) is 1.25. The monoisotopic (exact) mass is 208 g/mol. The van der Waals surface area contributed by atoms with Crippen LogP contribution in [0.15, 0.2) is 0 Å². The molecule has 15 heavy (non-hydrogen) atoms. The zero-order valence-corrected chi connectivity index (χ0v) is 9.30. The normalized spacial score (nSPS) is 30.1. The highest BCUT2D eigenvalue weighted by molar-refractivity contribution is 5.79. The third-order valence-corrected chi connectivity index (χ3v) is 4.35. The molecular formula is C12H20N2O. The molecule has 2 aliphatic heterocycles. The van der Waals surface area contributed by atoms with Gasteiger partial charge in [-0.2, -0.15) is 0 Å². The summed E-state index contributed by atoms with van der Waals surface area (Å²) in [6, 6.07) is 0. The minimum absolute atomic E-state index is 0.255. The Balaban J connectivity index is 1.76. The van der Waals surface area contributed by atoms with E-state index in [1.807, 2.05) is 0 Å². The van der Waals surface area contributed by atoms with E-state index in [0.717, 1.165) is 38.4 Å². The van der Waals surface area contributed by atoms with Gasteiger partial charge in [-0.1, -0.05) is 0 Å². The van der Waals surface area contributed by atoms with Gasteiger partial charge in [0.05, 0.1) is 0 Å². The summed E-state index contributed by atoms with van der Waals surface area (Å²) in [5, 5.41) is 3.40. The second-order valence-corrected chi connectivity index (χ2v) is 5.42. The summed E-state index contributed by atoms with van der Waals surface area (Å²) in [4.78, 5) is 14.2. The molecule has 84 valence electrons. The maximum atomic E-state index is 11.9. The van der Waals surface area contributed by atoms with Crippen LogP contribution < -0.4 is 5.32 Å². The number of nitrogens with one attached hydrogen (secondary N) is 1. The Morgan fingerprint density at radius 2 is 2.00 bits per heavy atom. The molecule has 0 bridgehead atoms. The van der Waals surface area contributed by atoms with E-state index in [2.05, 4.69) is 10.2 Å². The van der Waals surface area contributed by atoms with E-state index < -0.39 is 0 Å². The van der Waals surface area contributed by atoms with Gasteiger partial charge in [-0.25, -0.2) is 0 Å². The Bertz CT molecular complexity index is 267. The molecule has 0 aromatic rings. The summed E-state index contributed by atoms with van der Waals surface area (Å²) >= 11 is 0. The van der Waals surface area contributed by atoms with E-state index in [1.54, 1.807) is 0 Å². The predicted octanol–water partition coefficient (Wildman–Crippen LogP) is 1.14. The molecule has 2 heterocycles. The molecule has 0 aromatic heterocycles.